The molecule has 0 aromatic carbocycles. The Morgan fingerprint density at radius 3 is 1.10 bits per heavy atom. The number of aliphatic hydroxyl groups is 3. The first-order valence-electron chi connectivity index (χ1n) is 27.3. The highest BCUT2D eigenvalue weighted by molar-refractivity contribution is 6.91. The van der Waals surface area contributed by atoms with Crippen LogP contribution in [0.4, 0.5) is 0 Å². The van der Waals surface area contributed by atoms with Crippen LogP contribution in [0.3, 0.4) is 0 Å². The van der Waals surface area contributed by atoms with E-state index >= 15 is 0 Å². The highest BCUT2D eigenvalue weighted by Crippen LogP contribution is 2.45. The van der Waals surface area contributed by atoms with Gasteiger partial charge in [0.25, 0.3) is 0 Å². The molecule has 0 amide bonds. The van der Waals surface area contributed by atoms with E-state index in [4.69, 9.17) is 65.6 Å². The normalized spacial score (nSPS) is 16.0. The van der Waals surface area contributed by atoms with E-state index in [0.29, 0.717) is 85.1 Å². The van der Waals surface area contributed by atoms with E-state index in [1.54, 1.807) is 0 Å². The molecule has 5 N–H and O–H groups in total. The summed E-state index contributed by atoms with van der Waals surface area (Å²) in [5.74, 6) is 0. The van der Waals surface area contributed by atoms with Gasteiger partial charge in [-0.25, -0.2) is 0 Å². The molecule has 1 aliphatic rings. The van der Waals surface area contributed by atoms with Crippen LogP contribution in [0.15, 0.2) is 0 Å². The first-order chi connectivity index (χ1) is 32.8. The maximum absolute atomic E-state index is 10.3. The third-order valence-corrected chi connectivity index (χ3v) is 46.6. The molecule has 0 aromatic heterocycles. The Kier molecular flexibility index (Phi) is 36.7. The van der Waals surface area contributed by atoms with Crippen molar-refractivity contribution in [3.05, 3.63) is 0 Å². The Bertz CT molecular complexity index is 1290. The largest absolute Gasteiger partial charge is 0.436 e. The summed E-state index contributed by atoms with van der Waals surface area (Å²) in [6.45, 7) is 58.7. The van der Waals surface area contributed by atoms with Crippen LogP contribution in [0.2, 0.25) is 97.7 Å². The highest BCUT2D eigenvalue weighted by atomic mass is 28.5. The van der Waals surface area contributed by atoms with Gasteiger partial charge in [0.1, 0.15) is 6.10 Å². The second-order valence-electron chi connectivity index (χ2n) is 25.9. The van der Waals surface area contributed by atoms with Crippen molar-refractivity contribution in [3.63, 3.8) is 0 Å². The smallest absolute Gasteiger partial charge is 0.314 e. The molecule has 1 aliphatic heterocycles. The number of nitrogens with two attached hydrogens (primary N) is 1. The van der Waals surface area contributed by atoms with E-state index in [2.05, 4.69) is 149 Å². The lowest BCUT2D eigenvalue weighted by atomic mass is 10.2. The van der Waals surface area contributed by atoms with E-state index < -0.39 is 56.5 Å². The van der Waals surface area contributed by atoms with E-state index in [1.807, 2.05) is 0 Å². The van der Waals surface area contributed by atoms with Gasteiger partial charge in [-0.2, -0.15) is 0 Å². The van der Waals surface area contributed by atoms with Crippen LogP contribution in [0.5, 0.6) is 0 Å². The summed E-state index contributed by atoms with van der Waals surface area (Å²) < 4.78 is 65.3. The topological polar surface area (TPSA) is 192 Å². The van der Waals surface area contributed by atoms with Gasteiger partial charge in [0, 0.05) is 26.4 Å². The average molecular weight is 1140 g/mol. The first kappa shape index (κ1) is 74.8. The van der Waals surface area contributed by atoms with E-state index in [0.717, 1.165) is 57.6 Å². The zero-order chi connectivity index (χ0) is 56.2. The summed E-state index contributed by atoms with van der Waals surface area (Å²) >= 11 is 0. The van der Waals surface area contributed by atoms with E-state index in [-0.39, 0.29) is 33.4 Å². The van der Waals surface area contributed by atoms with Gasteiger partial charge in [-0.05, 0) is 130 Å². The minimum absolute atomic E-state index is 0.0383. The van der Waals surface area contributed by atoms with Gasteiger partial charge in [-0.15, -0.1) is 0 Å². The standard InChI is InChI=1S/C26H60O7Si3.C19H44O4Si3.C6H15NO3/c1-25(2,3)34(7,8)32-36(11,33-35(9,10)26(4,5)6)22-14-18-31-23-24(28)15-12-13-17-29-20-21-30-19-16-27;1-18(2,3)24(7,8)22-26(11,23-25(9,10)19(4,5)6)14-12-13-20-15-17-16-21-17;7-1-3-9-5-6-10-4-2-8/h24,27-28H,12-23H2,1-11H3;17H,12-16H2,1-11H3;8H,1-7H2. The summed E-state index contributed by atoms with van der Waals surface area (Å²) in [5, 5.41) is 27.8. The fourth-order valence-corrected chi connectivity index (χ4v) is 32.6. The summed E-state index contributed by atoms with van der Waals surface area (Å²) in [4.78, 5) is 0. The van der Waals surface area contributed by atoms with Crippen molar-refractivity contribution in [2.75, 3.05) is 106 Å². The molecule has 1 saturated heterocycles. The molecule has 0 spiro atoms. The molecule has 21 heteroatoms. The fourth-order valence-electron chi connectivity index (χ4n) is 6.13. The van der Waals surface area contributed by atoms with Crippen molar-refractivity contribution in [2.24, 2.45) is 5.73 Å². The van der Waals surface area contributed by atoms with E-state index in [9.17, 15) is 5.11 Å². The molecule has 72 heavy (non-hydrogen) atoms. The second-order valence-corrected chi connectivity index (χ2v) is 52.7. The Hall–Kier alpha value is 0.701. The lowest BCUT2D eigenvalue weighted by Gasteiger charge is -2.48. The van der Waals surface area contributed by atoms with Crippen LogP contribution in [-0.2, 0) is 49.6 Å². The van der Waals surface area contributed by atoms with Gasteiger partial charge in [0.2, 0.25) is 0 Å². The number of aliphatic hydroxyl groups excluding tert-OH is 3. The molecule has 15 nitrogen and oxygen atoms in total. The number of epoxide rings is 1. The third kappa shape index (κ3) is 34.6. The Morgan fingerprint density at radius 2 is 0.778 bits per heavy atom. The minimum atomic E-state index is -2.42. The fraction of sp³-hybridized carbons (Fsp3) is 1.00. The number of ether oxygens (including phenoxy) is 7. The van der Waals surface area contributed by atoms with Crippen molar-refractivity contribution < 1.29 is 64.9 Å². The molecule has 2 atom stereocenters. The maximum atomic E-state index is 10.3. The van der Waals surface area contributed by atoms with Gasteiger partial charge in [-0.1, -0.05) is 83.1 Å². The predicted molar refractivity (Wildman–Crippen MR) is 313 cm³/mol. The molecule has 0 radical (unpaired) electrons. The van der Waals surface area contributed by atoms with Gasteiger partial charge < -0.3 is 70.7 Å². The Labute approximate surface area is 449 Å². The van der Waals surface area contributed by atoms with Crippen molar-refractivity contribution in [1.82, 2.24) is 0 Å². The SMILES string of the molecule is CC(C)(C)[Si](C)(C)O[Si](C)(CCCOCC(O)CCCCOCCOCCO)O[Si](C)(C)C(C)(C)C.CC(C)(C)[Si](C)(C)O[Si](C)(CCCOCC1CO1)O[Si](C)(C)C(C)(C)C.NCCOCCOCCO. The summed E-state index contributed by atoms with van der Waals surface area (Å²) in [6.07, 6.45) is 4.27. The molecule has 1 fully saturated rings. The number of unbranched alkanes of at least 4 members (excludes halogenated alkanes) is 1. The summed E-state index contributed by atoms with van der Waals surface area (Å²) in [6, 6.07) is 1.90. The monoisotopic (exact) mass is 1140 g/mol. The van der Waals surface area contributed by atoms with Crippen molar-refractivity contribution in [2.45, 2.75) is 225 Å². The third-order valence-electron chi connectivity index (χ3n) is 14.5. The van der Waals surface area contributed by atoms with E-state index in [1.165, 1.54) is 0 Å². The number of hydrogen-bond donors (Lipinski definition) is 4. The molecular weight excluding hydrogens is 1020 g/mol. The number of hydrogen-bond acceptors (Lipinski definition) is 15. The highest BCUT2D eigenvalue weighted by Gasteiger charge is 2.51. The molecule has 0 bridgehead atoms. The minimum Gasteiger partial charge on any atom is -0.436 e. The van der Waals surface area contributed by atoms with Crippen LogP contribution in [-0.4, -0.2) is 184 Å². The zero-order valence-electron chi connectivity index (χ0n) is 50.8. The molecule has 0 saturated carbocycles. The first-order valence-corrected chi connectivity index (χ1v) is 43.9. The number of rotatable bonds is 37. The molecule has 1 heterocycles. The molecule has 2 unspecified atom stereocenters. The van der Waals surface area contributed by atoms with Crippen LogP contribution >= 0.6 is 0 Å². The predicted octanol–water partition coefficient (Wildman–Crippen LogP) is 10.9. The second kappa shape index (κ2) is 35.3. The van der Waals surface area contributed by atoms with Crippen LogP contribution < -0.4 is 5.73 Å². The quantitative estimate of drug-likeness (QED) is 0.0261. The van der Waals surface area contributed by atoms with Crippen molar-refractivity contribution in [3.8, 4) is 0 Å². The summed E-state index contributed by atoms with van der Waals surface area (Å²) in [7, 11) is -12.4. The lowest BCUT2D eigenvalue weighted by molar-refractivity contribution is 0.0232. The lowest BCUT2D eigenvalue weighted by Crippen LogP contribution is -2.58. The zero-order valence-corrected chi connectivity index (χ0v) is 56.8. The molecular formula is C51H119NO14Si6. The van der Waals surface area contributed by atoms with Gasteiger partial charge in [0.05, 0.1) is 85.4 Å². The average Bonchev–Trinajstić information content (AvgIpc) is 4.04. The van der Waals surface area contributed by atoms with Crippen LogP contribution in [0.25, 0.3) is 0 Å². The van der Waals surface area contributed by atoms with Gasteiger partial charge in [-0.3, -0.25) is 0 Å². The van der Waals surface area contributed by atoms with Gasteiger partial charge in [0.15, 0.2) is 33.3 Å². The molecule has 0 aliphatic carbocycles. The maximum Gasteiger partial charge on any atom is 0.314 e. The van der Waals surface area contributed by atoms with Crippen molar-refractivity contribution >= 4 is 50.4 Å². The molecule has 436 valence electrons. The van der Waals surface area contributed by atoms with Crippen molar-refractivity contribution in [1.29, 1.82) is 0 Å². The summed E-state index contributed by atoms with van der Waals surface area (Å²) in [5.41, 5.74) is 5.16. The van der Waals surface area contributed by atoms with Crippen LogP contribution in [0.1, 0.15) is 115 Å². The molecule has 1 rings (SSSR count). The molecule has 0 aromatic rings. The Balaban J connectivity index is 0. The van der Waals surface area contributed by atoms with Crippen LogP contribution in [0, 0.1) is 0 Å². The van der Waals surface area contributed by atoms with Gasteiger partial charge >= 0.3 is 17.1 Å². The Morgan fingerprint density at radius 1 is 0.458 bits per heavy atom.